The van der Waals surface area contributed by atoms with Gasteiger partial charge in [-0.25, -0.2) is 14.5 Å². The first-order valence-corrected chi connectivity index (χ1v) is 20.6. The Balaban J connectivity index is 1.14. The fourth-order valence-electron chi connectivity index (χ4n) is 8.57. The lowest BCUT2D eigenvalue weighted by atomic mass is 9.91. The van der Waals surface area contributed by atoms with Gasteiger partial charge >= 0.3 is 0 Å². The normalized spacial score (nSPS) is 11.3. The van der Waals surface area contributed by atoms with Gasteiger partial charge in [-0.1, -0.05) is 194 Å². The summed E-state index contributed by atoms with van der Waals surface area (Å²) < 4.78 is 2.14. The molecule has 0 unspecified atom stereocenters. The standard InChI is InChI=1S/C57H38N4/c1-6-19-39(20-7-1)46-34-47(40-21-8-2-9-22-40)36-48(35-46)53-37-52(59-57(60-53)43-27-14-5-15-28-43)44-29-18-30-45(33-44)54-49-31-16-17-32-50(49)56-51(41-23-10-3-11-24-41)38-58-61(56)55(54)42-25-12-4-13-26-42/h1-38H. The molecule has 0 fully saturated rings. The largest absolute Gasteiger partial charge is 0.231 e. The molecule has 0 saturated carbocycles. The molecule has 0 saturated heterocycles. The first kappa shape index (κ1) is 35.9. The lowest BCUT2D eigenvalue weighted by Crippen LogP contribution is -2.00. The zero-order valence-electron chi connectivity index (χ0n) is 33.2. The maximum Gasteiger partial charge on any atom is 0.160 e. The van der Waals surface area contributed by atoms with Crippen LogP contribution in [-0.4, -0.2) is 19.6 Å². The molecule has 11 rings (SSSR count). The van der Waals surface area contributed by atoms with Gasteiger partial charge in [0, 0.05) is 38.8 Å². The molecule has 0 spiro atoms. The van der Waals surface area contributed by atoms with Crippen LogP contribution >= 0.6 is 0 Å². The molecular weight excluding hydrogens is 741 g/mol. The van der Waals surface area contributed by atoms with Crippen molar-refractivity contribution in [2.75, 3.05) is 0 Å². The Hall–Kier alpha value is -8.21. The molecule has 0 aliphatic rings. The van der Waals surface area contributed by atoms with Gasteiger partial charge in [0.2, 0.25) is 0 Å². The van der Waals surface area contributed by atoms with Crippen molar-refractivity contribution in [2.45, 2.75) is 0 Å². The van der Waals surface area contributed by atoms with Crippen molar-refractivity contribution >= 4 is 16.3 Å². The first-order valence-electron chi connectivity index (χ1n) is 20.6. The van der Waals surface area contributed by atoms with Gasteiger partial charge < -0.3 is 0 Å². The molecule has 11 aromatic rings. The molecule has 0 aliphatic heterocycles. The number of pyridine rings is 1. The van der Waals surface area contributed by atoms with E-state index in [9.17, 15) is 0 Å². The minimum atomic E-state index is 0.673. The number of fused-ring (bicyclic) bond motifs is 3. The van der Waals surface area contributed by atoms with E-state index < -0.39 is 0 Å². The van der Waals surface area contributed by atoms with Crippen molar-refractivity contribution in [3.05, 3.63) is 231 Å². The van der Waals surface area contributed by atoms with Gasteiger partial charge in [-0.15, -0.1) is 0 Å². The number of hydrogen-bond donors (Lipinski definition) is 0. The molecule has 3 heterocycles. The highest BCUT2D eigenvalue weighted by Crippen LogP contribution is 2.44. The van der Waals surface area contributed by atoms with Crippen molar-refractivity contribution in [3.8, 4) is 89.7 Å². The molecule has 4 heteroatoms. The second-order valence-corrected chi connectivity index (χ2v) is 15.3. The van der Waals surface area contributed by atoms with E-state index >= 15 is 0 Å². The number of nitrogens with zero attached hydrogens (tertiary/aromatic N) is 4. The average Bonchev–Trinajstić information content (AvgIpc) is 3.80. The molecule has 0 bridgehead atoms. The second-order valence-electron chi connectivity index (χ2n) is 15.3. The third-order valence-electron chi connectivity index (χ3n) is 11.4. The lowest BCUT2D eigenvalue weighted by molar-refractivity contribution is 0.976. The van der Waals surface area contributed by atoms with Gasteiger partial charge in [-0.2, -0.15) is 5.10 Å². The van der Waals surface area contributed by atoms with Crippen LogP contribution in [0.3, 0.4) is 0 Å². The lowest BCUT2D eigenvalue weighted by Gasteiger charge is -2.18. The van der Waals surface area contributed by atoms with Gasteiger partial charge in [0.1, 0.15) is 0 Å². The van der Waals surface area contributed by atoms with Gasteiger partial charge in [-0.3, -0.25) is 0 Å². The van der Waals surface area contributed by atoms with Crippen molar-refractivity contribution < 1.29 is 0 Å². The average molecular weight is 779 g/mol. The van der Waals surface area contributed by atoms with E-state index in [-0.39, 0.29) is 0 Å². The Bertz CT molecular complexity index is 3270. The summed E-state index contributed by atoms with van der Waals surface area (Å²) in [6, 6.07) is 79.0. The van der Waals surface area contributed by atoms with E-state index in [4.69, 9.17) is 15.1 Å². The first-order chi connectivity index (χ1) is 30.2. The predicted molar refractivity (Wildman–Crippen MR) is 252 cm³/mol. The van der Waals surface area contributed by atoms with Gasteiger partial charge in [0.15, 0.2) is 5.82 Å². The zero-order valence-corrected chi connectivity index (χ0v) is 33.2. The molecule has 4 nitrogen and oxygen atoms in total. The molecule has 0 aliphatic carbocycles. The summed E-state index contributed by atoms with van der Waals surface area (Å²) in [5.41, 5.74) is 16.9. The second kappa shape index (κ2) is 15.5. The van der Waals surface area contributed by atoms with Crippen molar-refractivity contribution in [3.63, 3.8) is 0 Å². The maximum absolute atomic E-state index is 5.30. The third-order valence-corrected chi connectivity index (χ3v) is 11.4. The summed E-state index contributed by atoms with van der Waals surface area (Å²) in [5.74, 6) is 0.673. The van der Waals surface area contributed by atoms with Gasteiger partial charge in [-0.05, 0) is 69.1 Å². The minimum absolute atomic E-state index is 0.673. The fourth-order valence-corrected chi connectivity index (χ4v) is 8.57. The monoisotopic (exact) mass is 778 g/mol. The smallest absolute Gasteiger partial charge is 0.160 e. The minimum Gasteiger partial charge on any atom is -0.231 e. The third kappa shape index (κ3) is 6.76. The van der Waals surface area contributed by atoms with Crippen LogP contribution in [0.4, 0.5) is 0 Å². The highest BCUT2D eigenvalue weighted by Gasteiger charge is 2.22. The number of rotatable bonds is 8. The molecule has 0 radical (unpaired) electrons. The summed E-state index contributed by atoms with van der Waals surface area (Å²) in [6.45, 7) is 0. The Morgan fingerprint density at radius 3 is 1.36 bits per heavy atom. The fraction of sp³-hybridized carbons (Fsp3) is 0. The van der Waals surface area contributed by atoms with Gasteiger partial charge in [0.05, 0.1) is 28.8 Å². The molecule has 0 amide bonds. The van der Waals surface area contributed by atoms with Gasteiger partial charge in [0.25, 0.3) is 0 Å². The topological polar surface area (TPSA) is 43.1 Å². The molecule has 61 heavy (non-hydrogen) atoms. The number of hydrogen-bond acceptors (Lipinski definition) is 3. The predicted octanol–water partition coefficient (Wildman–Crippen LogP) is 14.6. The summed E-state index contributed by atoms with van der Waals surface area (Å²) >= 11 is 0. The van der Waals surface area contributed by atoms with Crippen molar-refractivity contribution in [1.82, 2.24) is 19.6 Å². The van der Waals surface area contributed by atoms with Crippen LogP contribution in [0.25, 0.3) is 106 Å². The maximum atomic E-state index is 5.30. The van der Waals surface area contributed by atoms with Crippen LogP contribution in [0, 0.1) is 0 Å². The van der Waals surface area contributed by atoms with Crippen molar-refractivity contribution in [2.24, 2.45) is 0 Å². The summed E-state index contributed by atoms with van der Waals surface area (Å²) in [4.78, 5) is 10.6. The molecule has 8 aromatic carbocycles. The number of aromatic nitrogens is 4. The summed E-state index contributed by atoms with van der Waals surface area (Å²) in [6.07, 6.45) is 2.01. The summed E-state index contributed by atoms with van der Waals surface area (Å²) in [7, 11) is 0. The van der Waals surface area contributed by atoms with Crippen LogP contribution in [0.2, 0.25) is 0 Å². The van der Waals surface area contributed by atoms with Crippen LogP contribution in [0.15, 0.2) is 231 Å². The molecule has 3 aromatic heterocycles. The van der Waals surface area contributed by atoms with E-state index in [1.54, 1.807) is 0 Å². The zero-order chi connectivity index (χ0) is 40.5. The molecular formula is C57H38N4. The van der Waals surface area contributed by atoms with Crippen LogP contribution in [-0.2, 0) is 0 Å². The van der Waals surface area contributed by atoms with Crippen LogP contribution < -0.4 is 0 Å². The van der Waals surface area contributed by atoms with Crippen LogP contribution in [0.1, 0.15) is 0 Å². The van der Waals surface area contributed by atoms with E-state index in [0.29, 0.717) is 5.82 Å². The molecule has 0 N–H and O–H groups in total. The Morgan fingerprint density at radius 2 is 0.754 bits per heavy atom. The molecule has 286 valence electrons. The SMILES string of the molecule is c1ccc(-c2cc(-c3ccccc3)cc(-c3cc(-c4cccc(-c5c(-c6ccccc6)n6ncc(-c7ccccc7)c6c6ccccc56)c4)nc(-c4ccccc4)n3)c2)cc1. The van der Waals surface area contributed by atoms with Crippen LogP contribution in [0.5, 0.6) is 0 Å². The quantitative estimate of drug-likeness (QED) is 0.154. The highest BCUT2D eigenvalue weighted by molar-refractivity contribution is 6.13. The number of benzene rings is 8. The van der Waals surface area contributed by atoms with E-state index in [2.05, 4.69) is 211 Å². The Morgan fingerprint density at radius 1 is 0.311 bits per heavy atom. The van der Waals surface area contributed by atoms with Crippen molar-refractivity contribution in [1.29, 1.82) is 0 Å². The van der Waals surface area contributed by atoms with E-state index in [1.807, 2.05) is 24.4 Å². The Kier molecular flexibility index (Phi) is 9.14. The summed E-state index contributed by atoms with van der Waals surface area (Å²) in [5, 5.41) is 7.43. The highest BCUT2D eigenvalue weighted by atomic mass is 15.2. The van der Waals surface area contributed by atoms with E-state index in [1.165, 1.54) is 0 Å². The molecule has 0 atom stereocenters. The Labute approximate surface area is 354 Å². The van der Waals surface area contributed by atoms with E-state index in [0.717, 1.165) is 100 Å².